The predicted molar refractivity (Wildman–Crippen MR) is 47.4 cm³/mol. The lowest BCUT2D eigenvalue weighted by Gasteiger charge is -2.17. The Morgan fingerprint density at radius 1 is 1.27 bits per heavy atom. The van der Waals surface area contributed by atoms with Gasteiger partial charge in [-0.2, -0.15) is 0 Å². The minimum absolute atomic E-state index is 0.167. The molecule has 15 heavy (non-hydrogen) atoms. The van der Waals surface area contributed by atoms with Gasteiger partial charge >= 0.3 is 7.82 Å². The third-order valence-electron chi connectivity index (χ3n) is 1.14. The van der Waals surface area contributed by atoms with E-state index < -0.39 is 32.7 Å². The zero-order valence-electron chi connectivity index (χ0n) is 7.54. The van der Waals surface area contributed by atoms with E-state index in [1.165, 1.54) is 0 Å². The maximum atomic E-state index is 9.82. The van der Waals surface area contributed by atoms with E-state index in [1.54, 1.807) is 0 Å². The van der Waals surface area contributed by atoms with E-state index >= 15 is 0 Å². The van der Waals surface area contributed by atoms with Gasteiger partial charge < -0.3 is 40.5 Å². The van der Waals surface area contributed by atoms with Crippen molar-refractivity contribution in [2.75, 3.05) is 6.61 Å². The molecule has 3 unspecified atom stereocenters. The topological polar surface area (TPSA) is 182 Å². The third kappa shape index (κ3) is 13.6. The maximum Gasteiger partial charge on any atom is 0.466 e. The van der Waals surface area contributed by atoms with E-state index in [0.717, 1.165) is 0 Å². The second-order valence-corrected chi connectivity index (χ2v) is 3.50. The monoisotopic (exact) mass is 247 g/mol. The Morgan fingerprint density at radius 2 is 1.60 bits per heavy atom. The normalized spacial score (nSPS) is 17.0. The number of hydrogen-bond acceptors (Lipinski definition) is 6. The van der Waals surface area contributed by atoms with E-state index in [1.807, 2.05) is 0 Å². The maximum absolute atomic E-state index is 9.82. The van der Waals surface area contributed by atoms with Gasteiger partial charge in [-0.25, -0.2) is 4.57 Å². The molecule has 0 aromatic carbocycles. The standard InChI is InChI=1S/C5H11NO4.H3O4P/c6-3(1-7)5(10)4(9)2-8;1-5(2,3)4/h2-5,7,9-10H,1,6H2;(H3,1,2,3,4). The van der Waals surface area contributed by atoms with Crippen LogP contribution in [0.3, 0.4) is 0 Å². The van der Waals surface area contributed by atoms with Crippen molar-refractivity contribution in [2.24, 2.45) is 5.73 Å². The van der Waals surface area contributed by atoms with Crippen molar-refractivity contribution in [3.8, 4) is 0 Å². The van der Waals surface area contributed by atoms with Crippen LogP contribution in [0.4, 0.5) is 0 Å². The van der Waals surface area contributed by atoms with E-state index in [0.29, 0.717) is 0 Å². The molecule has 0 aliphatic heterocycles. The lowest BCUT2D eigenvalue weighted by Crippen LogP contribution is -2.45. The van der Waals surface area contributed by atoms with Crippen molar-refractivity contribution in [1.82, 2.24) is 0 Å². The predicted octanol–water partition coefficient (Wildman–Crippen LogP) is -3.70. The quantitative estimate of drug-likeness (QED) is 0.194. The highest BCUT2D eigenvalue weighted by molar-refractivity contribution is 7.45. The van der Waals surface area contributed by atoms with Crippen LogP contribution in [0.5, 0.6) is 0 Å². The Morgan fingerprint density at radius 3 is 1.80 bits per heavy atom. The summed E-state index contributed by atoms with van der Waals surface area (Å²) in [5.74, 6) is 0. The van der Waals surface area contributed by atoms with Crippen molar-refractivity contribution in [2.45, 2.75) is 18.2 Å². The highest BCUT2D eigenvalue weighted by Crippen LogP contribution is 2.25. The van der Waals surface area contributed by atoms with Crippen LogP contribution in [0.2, 0.25) is 0 Å². The smallest absolute Gasteiger partial charge is 0.395 e. The van der Waals surface area contributed by atoms with Crippen LogP contribution in [0.25, 0.3) is 0 Å². The number of hydrogen-bond donors (Lipinski definition) is 7. The molecule has 0 aromatic heterocycles. The minimum atomic E-state index is -4.64. The molecule has 0 amide bonds. The number of carbonyl (C=O) groups is 1. The number of aliphatic hydroxyl groups is 3. The highest BCUT2D eigenvalue weighted by Gasteiger charge is 2.21. The van der Waals surface area contributed by atoms with Crippen molar-refractivity contribution < 1.29 is 39.4 Å². The first-order chi connectivity index (χ1) is 6.63. The van der Waals surface area contributed by atoms with Gasteiger partial charge in [-0.1, -0.05) is 0 Å². The Balaban J connectivity index is 0. The van der Waals surface area contributed by atoms with Crippen LogP contribution in [0.15, 0.2) is 0 Å². The molecule has 0 aromatic rings. The highest BCUT2D eigenvalue weighted by atomic mass is 31.2. The van der Waals surface area contributed by atoms with Gasteiger partial charge in [0.2, 0.25) is 0 Å². The average Bonchev–Trinajstić information content (AvgIpc) is 2.11. The molecular formula is C5H14NO8P. The number of nitrogens with two attached hydrogens (primary N) is 1. The number of carbonyl (C=O) groups excluding carboxylic acids is 1. The molecule has 3 atom stereocenters. The summed E-state index contributed by atoms with van der Waals surface area (Å²) in [6, 6.07) is -0.972. The Kier molecular flexibility index (Phi) is 8.92. The second-order valence-electron chi connectivity index (χ2n) is 2.48. The fourth-order valence-electron chi connectivity index (χ4n) is 0.442. The molecule has 0 radical (unpaired) electrons. The van der Waals surface area contributed by atoms with Crippen LogP contribution in [0.1, 0.15) is 0 Å². The first-order valence-corrected chi connectivity index (χ1v) is 5.16. The fourth-order valence-corrected chi connectivity index (χ4v) is 0.442. The summed E-state index contributed by atoms with van der Waals surface area (Å²) < 4.78 is 8.88. The van der Waals surface area contributed by atoms with Crippen molar-refractivity contribution in [1.29, 1.82) is 0 Å². The molecule has 0 saturated heterocycles. The van der Waals surface area contributed by atoms with Gasteiger partial charge in [0.15, 0.2) is 6.29 Å². The van der Waals surface area contributed by atoms with E-state index in [9.17, 15) is 4.79 Å². The molecule has 0 fully saturated rings. The van der Waals surface area contributed by atoms with Gasteiger partial charge in [0, 0.05) is 0 Å². The van der Waals surface area contributed by atoms with E-state index in [2.05, 4.69) is 0 Å². The molecule has 10 heteroatoms. The number of aliphatic hydroxyl groups excluding tert-OH is 3. The summed E-state index contributed by atoms with van der Waals surface area (Å²) in [4.78, 5) is 31.4. The van der Waals surface area contributed by atoms with Crippen molar-refractivity contribution in [3.05, 3.63) is 0 Å². The summed E-state index contributed by atoms with van der Waals surface area (Å²) in [6.45, 7) is -0.466. The first kappa shape index (κ1) is 17.0. The van der Waals surface area contributed by atoms with Gasteiger partial charge in [0.05, 0.1) is 12.6 Å². The zero-order valence-corrected chi connectivity index (χ0v) is 8.44. The zero-order chi connectivity index (χ0) is 12.6. The van der Waals surface area contributed by atoms with Gasteiger partial charge in [-0.3, -0.25) is 0 Å². The molecule has 9 nitrogen and oxygen atoms in total. The summed E-state index contributed by atoms with van der Waals surface area (Å²) >= 11 is 0. The first-order valence-electron chi connectivity index (χ1n) is 3.59. The van der Waals surface area contributed by atoms with E-state index in [-0.39, 0.29) is 6.29 Å². The van der Waals surface area contributed by atoms with Gasteiger partial charge in [-0.15, -0.1) is 0 Å². The molecular weight excluding hydrogens is 233 g/mol. The van der Waals surface area contributed by atoms with Gasteiger partial charge in [-0.05, 0) is 0 Å². The second kappa shape index (κ2) is 7.85. The summed E-state index contributed by atoms with van der Waals surface area (Å²) in [5, 5.41) is 25.8. The molecule has 0 rings (SSSR count). The molecule has 0 aliphatic carbocycles. The minimum Gasteiger partial charge on any atom is -0.395 e. The lowest BCUT2D eigenvalue weighted by atomic mass is 10.1. The fraction of sp³-hybridized carbons (Fsp3) is 0.800. The van der Waals surface area contributed by atoms with Crippen molar-refractivity contribution >= 4 is 14.1 Å². The summed E-state index contributed by atoms with van der Waals surface area (Å²) in [6.07, 6.45) is -2.73. The molecule has 0 bridgehead atoms. The average molecular weight is 247 g/mol. The molecule has 8 N–H and O–H groups in total. The Labute approximate surface area is 85.0 Å². The van der Waals surface area contributed by atoms with Crippen LogP contribution in [-0.2, 0) is 9.36 Å². The summed E-state index contributed by atoms with van der Waals surface area (Å²) in [7, 11) is -4.64. The largest absolute Gasteiger partial charge is 0.466 e. The molecule has 0 saturated carbocycles. The lowest BCUT2D eigenvalue weighted by molar-refractivity contribution is -0.121. The summed E-state index contributed by atoms with van der Waals surface area (Å²) in [5.41, 5.74) is 5.07. The molecule has 0 aliphatic rings. The molecule has 0 heterocycles. The third-order valence-corrected chi connectivity index (χ3v) is 1.14. The SMILES string of the molecule is NC(CO)C(O)C(O)C=O.O=P(O)(O)O. The van der Waals surface area contributed by atoms with Crippen LogP contribution in [0, 0.1) is 0 Å². The molecule has 0 spiro atoms. The van der Waals surface area contributed by atoms with Crippen LogP contribution < -0.4 is 5.73 Å². The van der Waals surface area contributed by atoms with Crippen molar-refractivity contribution in [3.63, 3.8) is 0 Å². The number of aldehydes is 1. The van der Waals surface area contributed by atoms with E-state index in [4.69, 9.17) is 40.3 Å². The molecule has 92 valence electrons. The number of rotatable bonds is 4. The Bertz CT molecular complexity index is 209. The van der Waals surface area contributed by atoms with Crippen LogP contribution >= 0.6 is 7.82 Å². The van der Waals surface area contributed by atoms with Gasteiger partial charge in [0.1, 0.15) is 12.2 Å². The van der Waals surface area contributed by atoms with Crippen LogP contribution in [-0.4, -0.2) is 61.1 Å². The van der Waals surface area contributed by atoms with Gasteiger partial charge in [0.25, 0.3) is 0 Å². The Hall–Kier alpha value is -0.380. The number of phosphoric acid groups is 1.